The third-order valence-electron chi connectivity index (χ3n) is 4.90. The van der Waals surface area contributed by atoms with Gasteiger partial charge in [0.2, 0.25) is 0 Å². The summed E-state index contributed by atoms with van der Waals surface area (Å²) in [5.41, 5.74) is 3.75. The molecule has 3 rings (SSSR count). The number of hydrogen-bond acceptors (Lipinski definition) is 3. The number of amides is 1. The molecule has 0 aromatic heterocycles. The Morgan fingerprint density at radius 3 is 2.30 bits per heavy atom. The zero-order valence-electron chi connectivity index (χ0n) is 16.9. The van der Waals surface area contributed by atoms with Crippen LogP contribution in [0.5, 0.6) is 0 Å². The van der Waals surface area contributed by atoms with Crippen LogP contribution in [0, 0.1) is 13.8 Å². The highest BCUT2D eigenvalue weighted by Crippen LogP contribution is 2.24. The summed E-state index contributed by atoms with van der Waals surface area (Å²) in [6.07, 6.45) is 0. The second kappa shape index (κ2) is 8.90. The first-order valence-corrected chi connectivity index (χ1v) is 11.3. The lowest BCUT2D eigenvalue weighted by atomic mass is 10.0. The fraction of sp³-hybridized carbons (Fsp3) is 0.174. The van der Waals surface area contributed by atoms with Crippen molar-refractivity contribution in [3.8, 4) is 0 Å². The zero-order valence-corrected chi connectivity index (χ0v) is 18.5. The minimum absolute atomic E-state index is 0.134. The maximum Gasteiger partial charge on any atom is 0.261 e. The lowest BCUT2D eigenvalue weighted by molar-refractivity contribution is 0.0940. The highest BCUT2D eigenvalue weighted by Gasteiger charge is 2.18. The van der Waals surface area contributed by atoms with Gasteiger partial charge in [0.05, 0.1) is 21.5 Å². The van der Waals surface area contributed by atoms with Crippen molar-refractivity contribution in [2.45, 2.75) is 31.7 Å². The van der Waals surface area contributed by atoms with E-state index in [1.807, 2.05) is 39.0 Å². The highest BCUT2D eigenvalue weighted by atomic mass is 35.5. The topological polar surface area (TPSA) is 75.3 Å². The summed E-state index contributed by atoms with van der Waals surface area (Å²) in [6.45, 7) is 5.94. The van der Waals surface area contributed by atoms with Gasteiger partial charge in [-0.3, -0.25) is 9.52 Å². The van der Waals surface area contributed by atoms with Crippen molar-refractivity contribution in [2.75, 3.05) is 4.72 Å². The second-order valence-corrected chi connectivity index (χ2v) is 9.24. The highest BCUT2D eigenvalue weighted by molar-refractivity contribution is 7.92. The molecule has 30 heavy (non-hydrogen) atoms. The first-order valence-electron chi connectivity index (χ1n) is 9.43. The Morgan fingerprint density at radius 1 is 0.933 bits per heavy atom. The van der Waals surface area contributed by atoms with Crippen molar-refractivity contribution in [3.63, 3.8) is 0 Å². The van der Waals surface area contributed by atoms with Gasteiger partial charge in [0.15, 0.2) is 0 Å². The number of aryl methyl sites for hydroxylation is 2. The molecule has 7 heteroatoms. The lowest BCUT2D eigenvalue weighted by Crippen LogP contribution is -2.27. The normalized spacial score (nSPS) is 12.3. The van der Waals surface area contributed by atoms with Crippen LogP contribution in [-0.2, 0) is 10.0 Å². The molecule has 0 radical (unpaired) electrons. The molecule has 0 spiro atoms. The summed E-state index contributed by atoms with van der Waals surface area (Å²) in [5.74, 6) is -0.383. The van der Waals surface area contributed by atoms with Crippen LogP contribution in [0.15, 0.2) is 71.6 Å². The van der Waals surface area contributed by atoms with Gasteiger partial charge < -0.3 is 5.32 Å². The summed E-state index contributed by atoms with van der Waals surface area (Å²) in [7, 11) is -3.77. The van der Waals surface area contributed by atoms with Crippen molar-refractivity contribution < 1.29 is 13.2 Å². The first-order chi connectivity index (χ1) is 14.2. The van der Waals surface area contributed by atoms with Crippen LogP contribution in [0.2, 0.25) is 5.02 Å². The molecule has 0 aliphatic rings. The number of nitrogens with one attached hydrogen (secondary N) is 2. The summed E-state index contributed by atoms with van der Waals surface area (Å²) in [4.78, 5) is 12.9. The smallest absolute Gasteiger partial charge is 0.261 e. The van der Waals surface area contributed by atoms with Crippen LogP contribution >= 0.6 is 11.6 Å². The molecule has 2 N–H and O–H groups in total. The maximum atomic E-state index is 12.8. The zero-order chi connectivity index (χ0) is 21.9. The van der Waals surface area contributed by atoms with Crippen molar-refractivity contribution in [2.24, 2.45) is 0 Å². The molecule has 0 saturated heterocycles. The molecule has 5 nitrogen and oxygen atoms in total. The Bertz CT molecular complexity index is 1180. The van der Waals surface area contributed by atoms with Gasteiger partial charge in [-0.15, -0.1) is 0 Å². The SMILES string of the molecule is Cc1ccc([C@H](C)NC(=O)c2cc(NS(=O)(=O)c3ccccc3)ccc2Cl)cc1C. The molecule has 0 aliphatic carbocycles. The quantitative estimate of drug-likeness (QED) is 0.547. The van der Waals surface area contributed by atoms with Crippen molar-refractivity contribution in [3.05, 3.63) is 94.0 Å². The number of carbonyl (C=O) groups excluding carboxylic acids is 1. The number of sulfonamides is 1. The number of carbonyl (C=O) groups is 1. The Labute approximate surface area is 182 Å². The van der Waals surface area contributed by atoms with Gasteiger partial charge in [0.1, 0.15) is 0 Å². The van der Waals surface area contributed by atoms with Crippen LogP contribution in [0.4, 0.5) is 5.69 Å². The van der Waals surface area contributed by atoms with Crippen LogP contribution < -0.4 is 10.0 Å². The largest absolute Gasteiger partial charge is 0.345 e. The molecule has 3 aromatic rings. The molecule has 0 heterocycles. The Kier molecular flexibility index (Phi) is 6.48. The monoisotopic (exact) mass is 442 g/mol. The molecule has 1 atom stereocenters. The van der Waals surface area contributed by atoms with E-state index >= 15 is 0 Å². The minimum Gasteiger partial charge on any atom is -0.345 e. The van der Waals surface area contributed by atoms with Gasteiger partial charge in [-0.05, 0) is 67.8 Å². The van der Waals surface area contributed by atoms with Crippen LogP contribution in [0.3, 0.4) is 0 Å². The number of benzene rings is 3. The van der Waals surface area contributed by atoms with Crippen molar-refractivity contribution in [1.82, 2.24) is 5.32 Å². The number of anilines is 1. The third-order valence-corrected chi connectivity index (χ3v) is 6.62. The molecule has 0 fully saturated rings. The molecule has 3 aromatic carbocycles. The van der Waals surface area contributed by atoms with Gasteiger partial charge >= 0.3 is 0 Å². The number of rotatable bonds is 6. The summed E-state index contributed by atoms with van der Waals surface area (Å²) in [5, 5.41) is 3.16. The van der Waals surface area contributed by atoms with Crippen molar-refractivity contribution >= 4 is 33.2 Å². The summed E-state index contributed by atoms with van der Waals surface area (Å²) in [6, 6.07) is 18.3. The Morgan fingerprint density at radius 2 is 1.63 bits per heavy atom. The molecule has 1 amide bonds. The van der Waals surface area contributed by atoms with E-state index in [0.29, 0.717) is 0 Å². The van der Waals surface area contributed by atoms with Crippen LogP contribution in [-0.4, -0.2) is 14.3 Å². The van der Waals surface area contributed by atoms with E-state index in [0.717, 1.165) is 11.1 Å². The maximum absolute atomic E-state index is 12.8. The summed E-state index contributed by atoms with van der Waals surface area (Å²) < 4.78 is 27.6. The number of hydrogen-bond donors (Lipinski definition) is 2. The Balaban J connectivity index is 1.80. The van der Waals surface area contributed by atoms with E-state index in [2.05, 4.69) is 10.0 Å². The van der Waals surface area contributed by atoms with E-state index in [4.69, 9.17) is 11.6 Å². The third kappa shape index (κ3) is 5.01. The van der Waals surface area contributed by atoms with E-state index in [1.54, 1.807) is 18.2 Å². The van der Waals surface area contributed by atoms with Crippen LogP contribution in [0.1, 0.15) is 40.0 Å². The van der Waals surface area contributed by atoms with Gasteiger partial charge in [0, 0.05) is 5.69 Å². The molecule has 0 saturated carbocycles. The minimum atomic E-state index is -3.77. The standard InChI is InChI=1S/C23H23ClN2O3S/c1-15-9-10-18(13-16(15)2)17(3)25-23(27)21-14-19(11-12-22(21)24)26-30(28,29)20-7-5-4-6-8-20/h4-14,17,26H,1-3H3,(H,25,27)/t17-/m0/s1. The molecule has 0 bridgehead atoms. The van der Waals surface area contributed by atoms with Crippen LogP contribution in [0.25, 0.3) is 0 Å². The van der Waals surface area contributed by atoms with Gasteiger partial charge in [-0.25, -0.2) is 8.42 Å². The van der Waals surface area contributed by atoms with E-state index in [9.17, 15) is 13.2 Å². The fourth-order valence-corrected chi connectivity index (χ4v) is 4.24. The van der Waals surface area contributed by atoms with E-state index < -0.39 is 10.0 Å². The molecular formula is C23H23ClN2O3S. The van der Waals surface area contributed by atoms with E-state index in [1.165, 1.54) is 35.9 Å². The second-order valence-electron chi connectivity index (χ2n) is 7.15. The molecular weight excluding hydrogens is 420 g/mol. The molecule has 156 valence electrons. The number of halogens is 1. The average molecular weight is 443 g/mol. The van der Waals surface area contributed by atoms with Crippen molar-refractivity contribution in [1.29, 1.82) is 0 Å². The predicted molar refractivity (Wildman–Crippen MR) is 120 cm³/mol. The fourth-order valence-electron chi connectivity index (χ4n) is 2.97. The summed E-state index contributed by atoms with van der Waals surface area (Å²) >= 11 is 6.22. The molecule has 0 unspecified atom stereocenters. The van der Waals surface area contributed by atoms with E-state index in [-0.39, 0.29) is 33.1 Å². The Hall–Kier alpha value is -2.83. The first kappa shape index (κ1) is 21.9. The molecule has 0 aliphatic heterocycles. The van der Waals surface area contributed by atoms with Gasteiger partial charge in [-0.2, -0.15) is 0 Å². The average Bonchev–Trinajstić information content (AvgIpc) is 2.71. The predicted octanol–water partition coefficient (Wildman–Crippen LogP) is 5.25. The van der Waals surface area contributed by atoms with Gasteiger partial charge in [-0.1, -0.05) is 48.0 Å². The lowest BCUT2D eigenvalue weighted by Gasteiger charge is -2.17. The van der Waals surface area contributed by atoms with Gasteiger partial charge in [0.25, 0.3) is 15.9 Å².